The van der Waals surface area contributed by atoms with Crippen molar-refractivity contribution in [3.05, 3.63) is 35.9 Å². The van der Waals surface area contributed by atoms with E-state index in [9.17, 15) is 24.3 Å². The van der Waals surface area contributed by atoms with Crippen molar-refractivity contribution < 1.29 is 38.5 Å². The van der Waals surface area contributed by atoms with Crippen LogP contribution in [0.2, 0.25) is 0 Å². The fourth-order valence-electron chi connectivity index (χ4n) is 7.86. The SMILES string of the molecule is CCC(C)C(NC(=O)C(C(C)C)N(C)C)C(=O)N(C)C(C(C)CC)C(CC(=O)N1CCCC1C(OC)C(C)C(=O)OC(CO)Cc1ccccc1)OC. The van der Waals surface area contributed by atoms with E-state index in [0.717, 1.165) is 18.4 Å². The Morgan fingerprint density at radius 2 is 1.57 bits per heavy atom. The van der Waals surface area contributed by atoms with Crippen molar-refractivity contribution in [2.45, 2.75) is 129 Å². The van der Waals surface area contributed by atoms with Crippen LogP contribution in [-0.2, 0) is 39.8 Å². The van der Waals surface area contributed by atoms with Crippen LogP contribution in [0.1, 0.15) is 86.1 Å². The number of hydrogen-bond donors (Lipinski definition) is 2. The monoisotopic (exact) mass is 747 g/mol. The number of amides is 3. The summed E-state index contributed by atoms with van der Waals surface area (Å²) >= 11 is 0. The minimum absolute atomic E-state index is 0.0218. The summed E-state index contributed by atoms with van der Waals surface area (Å²) in [6, 6.07) is 7.58. The second kappa shape index (κ2) is 22.4. The molecule has 0 spiro atoms. The fourth-order valence-corrected chi connectivity index (χ4v) is 7.86. The Hall–Kier alpha value is -3.06. The van der Waals surface area contributed by atoms with Crippen molar-refractivity contribution in [3.8, 4) is 0 Å². The van der Waals surface area contributed by atoms with E-state index in [4.69, 9.17) is 14.2 Å². The molecule has 10 atom stereocenters. The molecule has 12 heteroatoms. The van der Waals surface area contributed by atoms with Gasteiger partial charge in [-0.15, -0.1) is 0 Å². The number of benzene rings is 1. The van der Waals surface area contributed by atoms with Gasteiger partial charge in [0.2, 0.25) is 17.7 Å². The highest BCUT2D eigenvalue weighted by molar-refractivity contribution is 5.90. The van der Waals surface area contributed by atoms with Crippen LogP contribution in [0.3, 0.4) is 0 Å². The molecule has 1 aliphatic rings. The van der Waals surface area contributed by atoms with Crippen LogP contribution in [0.5, 0.6) is 0 Å². The van der Waals surface area contributed by atoms with Gasteiger partial charge in [0.1, 0.15) is 12.1 Å². The van der Waals surface area contributed by atoms with E-state index in [1.807, 2.05) is 90.9 Å². The molecular formula is C41H70N4O8. The van der Waals surface area contributed by atoms with Crippen molar-refractivity contribution in [3.63, 3.8) is 0 Å². The van der Waals surface area contributed by atoms with Gasteiger partial charge in [-0.25, -0.2) is 0 Å². The minimum Gasteiger partial charge on any atom is -0.459 e. The second-order valence-electron chi connectivity index (χ2n) is 15.5. The quantitative estimate of drug-likeness (QED) is 0.168. The number of rotatable bonds is 22. The number of likely N-dealkylation sites (tertiary alicyclic amines) is 1. The van der Waals surface area contributed by atoms with Gasteiger partial charge < -0.3 is 34.4 Å². The van der Waals surface area contributed by atoms with Crippen LogP contribution >= 0.6 is 0 Å². The third kappa shape index (κ3) is 12.5. The van der Waals surface area contributed by atoms with Crippen molar-refractivity contribution in [2.75, 3.05) is 48.5 Å². The van der Waals surface area contributed by atoms with E-state index in [1.165, 1.54) is 7.11 Å². The summed E-state index contributed by atoms with van der Waals surface area (Å²) in [5.74, 6) is -1.85. The standard InChI is InChI=1S/C41H70N4O8/c1-13-27(5)35(42-39(48)36(26(3)4)43(8)9)40(49)44(10)37(28(6)14-2)33(51-11)24-34(47)45-22-18-21-32(45)38(52-12)29(7)41(50)53-31(25-46)23-30-19-16-15-17-20-30/h15-17,19-20,26-29,31-33,35-38,46H,13-14,18,21-25H2,1-12H3,(H,42,48). The number of carbonyl (C=O) groups excluding carboxylic acids is 4. The van der Waals surface area contributed by atoms with Crippen molar-refractivity contribution in [1.29, 1.82) is 0 Å². The maximum absolute atomic E-state index is 14.4. The second-order valence-corrected chi connectivity index (χ2v) is 15.5. The molecule has 53 heavy (non-hydrogen) atoms. The van der Waals surface area contributed by atoms with Gasteiger partial charge in [-0.05, 0) is 57.2 Å². The number of nitrogens with zero attached hydrogens (tertiary/aromatic N) is 3. The van der Waals surface area contributed by atoms with Crippen LogP contribution in [0.15, 0.2) is 30.3 Å². The zero-order chi connectivity index (χ0) is 40.0. The first-order valence-corrected chi connectivity index (χ1v) is 19.5. The third-order valence-electron chi connectivity index (χ3n) is 11.2. The van der Waals surface area contributed by atoms with Gasteiger partial charge in [0, 0.05) is 34.2 Å². The van der Waals surface area contributed by atoms with E-state index in [0.29, 0.717) is 25.8 Å². The molecule has 0 saturated carbocycles. The average molecular weight is 747 g/mol. The summed E-state index contributed by atoms with van der Waals surface area (Å²) in [5.41, 5.74) is 0.947. The maximum Gasteiger partial charge on any atom is 0.311 e. The molecule has 1 saturated heterocycles. The topological polar surface area (TPSA) is 138 Å². The molecule has 0 aromatic heterocycles. The molecule has 0 radical (unpaired) electrons. The van der Waals surface area contributed by atoms with E-state index in [-0.39, 0.29) is 54.5 Å². The zero-order valence-electron chi connectivity index (χ0n) is 34.5. The number of ether oxygens (including phenoxy) is 3. The molecule has 1 fully saturated rings. The predicted octanol–water partition coefficient (Wildman–Crippen LogP) is 4.17. The zero-order valence-corrected chi connectivity index (χ0v) is 34.5. The smallest absolute Gasteiger partial charge is 0.311 e. The number of methoxy groups -OCH3 is 2. The summed E-state index contributed by atoms with van der Waals surface area (Å²) in [6.07, 6.45) is 1.28. The van der Waals surface area contributed by atoms with Crippen molar-refractivity contribution >= 4 is 23.7 Å². The number of nitrogens with one attached hydrogen (secondary N) is 1. The lowest BCUT2D eigenvalue weighted by Crippen LogP contribution is -2.60. The molecule has 1 heterocycles. The summed E-state index contributed by atoms with van der Waals surface area (Å²) < 4.78 is 17.7. The number of aliphatic hydroxyl groups excluding tert-OH is 1. The summed E-state index contributed by atoms with van der Waals surface area (Å²) in [4.78, 5) is 60.8. The van der Waals surface area contributed by atoms with Gasteiger partial charge >= 0.3 is 5.97 Å². The highest BCUT2D eigenvalue weighted by Crippen LogP contribution is 2.30. The molecule has 0 aliphatic carbocycles. The van der Waals surface area contributed by atoms with Crippen LogP contribution in [0.4, 0.5) is 0 Å². The Labute approximate surface area is 319 Å². The third-order valence-corrected chi connectivity index (χ3v) is 11.2. The normalized spacial score (nSPS) is 19.8. The molecule has 12 nitrogen and oxygen atoms in total. The van der Waals surface area contributed by atoms with Crippen LogP contribution in [-0.4, -0.2) is 134 Å². The molecule has 10 unspecified atom stereocenters. The highest BCUT2D eigenvalue weighted by atomic mass is 16.6. The summed E-state index contributed by atoms with van der Waals surface area (Å²) in [5, 5.41) is 13.1. The van der Waals surface area contributed by atoms with Crippen LogP contribution < -0.4 is 5.32 Å². The lowest BCUT2D eigenvalue weighted by Gasteiger charge is -2.41. The van der Waals surface area contributed by atoms with Gasteiger partial charge in [0.15, 0.2) is 0 Å². The number of carbonyl (C=O) groups is 4. The minimum atomic E-state index is -0.747. The van der Waals surface area contributed by atoms with E-state index < -0.39 is 48.3 Å². The molecule has 1 aromatic carbocycles. The highest BCUT2D eigenvalue weighted by Gasteiger charge is 2.43. The van der Waals surface area contributed by atoms with Gasteiger partial charge in [-0.1, -0.05) is 84.7 Å². The van der Waals surface area contributed by atoms with Gasteiger partial charge in [0.25, 0.3) is 0 Å². The molecular weight excluding hydrogens is 676 g/mol. The number of hydrogen-bond acceptors (Lipinski definition) is 9. The van der Waals surface area contributed by atoms with E-state index in [1.54, 1.807) is 30.9 Å². The Kier molecular flexibility index (Phi) is 19.4. The lowest BCUT2D eigenvalue weighted by atomic mass is 9.89. The van der Waals surface area contributed by atoms with Gasteiger partial charge in [-0.2, -0.15) is 0 Å². The number of likely N-dealkylation sites (N-methyl/N-ethyl adjacent to an activating group) is 2. The Balaban J connectivity index is 2.28. The molecule has 2 rings (SSSR count). The van der Waals surface area contributed by atoms with Gasteiger partial charge in [0.05, 0.1) is 49.3 Å². The van der Waals surface area contributed by atoms with E-state index >= 15 is 0 Å². The van der Waals surface area contributed by atoms with Crippen LogP contribution in [0.25, 0.3) is 0 Å². The Morgan fingerprint density at radius 3 is 2.08 bits per heavy atom. The first-order valence-electron chi connectivity index (χ1n) is 19.5. The largest absolute Gasteiger partial charge is 0.459 e. The van der Waals surface area contributed by atoms with Crippen molar-refractivity contribution in [1.82, 2.24) is 20.0 Å². The molecule has 0 bridgehead atoms. The first-order chi connectivity index (χ1) is 25.1. The fraction of sp³-hybridized carbons (Fsp3) is 0.756. The molecule has 302 valence electrons. The molecule has 1 aliphatic heterocycles. The van der Waals surface area contributed by atoms with Gasteiger partial charge in [-0.3, -0.25) is 24.1 Å². The lowest BCUT2D eigenvalue weighted by molar-refractivity contribution is -0.163. The molecule has 3 amide bonds. The average Bonchev–Trinajstić information content (AvgIpc) is 3.62. The van der Waals surface area contributed by atoms with Crippen molar-refractivity contribution in [2.24, 2.45) is 23.7 Å². The summed E-state index contributed by atoms with van der Waals surface area (Å²) in [7, 11) is 8.57. The predicted molar refractivity (Wildman–Crippen MR) is 207 cm³/mol. The Morgan fingerprint density at radius 1 is 0.943 bits per heavy atom. The number of aliphatic hydroxyl groups is 1. The maximum atomic E-state index is 14.4. The summed E-state index contributed by atoms with van der Waals surface area (Å²) in [6.45, 7) is 14.0. The van der Waals surface area contributed by atoms with Crippen LogP contribution in [0, 0.1) is 23.7 Å². The molecule has 2 N–H and O–H groups in total. The van der Waals surface area contributed by atoms with E-state index in [2.05, 4.69) is 5.32 Å². The Bertz CT molecular complexity index is 1270. The number of esters is 1. The first kappa shape index (κ1) is 46.1. The molecule has 1 aromatic rings.